The fraction of sp³-hybridized carbons (Fsp3) is 0.615. The predicted molar refractivity (Wildman–Crippen MR) is 127 cm³/mol. The zero-order valence-corrected chi connectivity index (χ0v) is 20.2. The molecule has 1 aromatic carbocycles. The number of aliphatic hydroxyl groups is 1. The normalized spacial score (nSPS) is 17.6. The minimum atomic E-state index is -0.784. The number of nitrogens with zero attached hydrogens (tertiary/aromatic N) is 1. The standard InChI is InChI=1S/C26H39NO6/c1-26(2,3)33-18-17-32-22-10-8-9-20(19-22)23(28)14-12-21-13-15-24(29)27(21)16-7-5-4-6-11-25(30)31/h8-10,12,14,19,21,23,28H,4-7,11,13,15-18H2,1-3H3,(H,30,31)/b14-12+/t21?,23-/m1/s1. The van der Waals surface area contributed by atoms with Crippen LogP contribution in [-0.4, -0.2) is 58.4 Å². The molecule has 1 unspecified atom stereocenters. The van der Waals surface area contributed by atoms with Gasteiger partial charge in [-0.05, 0) is 57.7 Å². The van der Waals surface area contributed by atoms with E-state index >= 15 is 0 Å². The first-order valence-electron chi connectivity index (χ1n) is 11.9. The SMILES string of the molecule is CC(C)(C)OCCOc1cccc([C@H](O)/C=C/C2CCC(=O)N2CCCCCCC(=O)O)c1. The van der Waals surface area contributed by atoms with Gasteiger partial charge in [0.25, 0.3) is 0 Å². The number of likely N-dealkylation sites (tertiary alicyclic amines) is 1. The van der Waals surface area contributed by atoms with Crippen molar-refractivity contribution in [2.45, 2.75) is 83.5 Å². The molecule has 2 atom stereocenters. The number of hydrogen-bond acceptors (Lipinski definition) is 5. The number of aliphatic carboxylic acids is 1. The van der Waals surface area contributed by atoms with Crippen LogP contribution in [0.3, 0.4) is 0 Å². The van der Waals surface area contributed by atoms with Crippen LogP contribution in [0, 0.1) is 0 Å². The maximum absolute atomic E-state index is 12.3. The summed E-state index contributed by atoms with van der Waals surface area (Å²) in [4.78, 5) is 24.7. The Balaban J connectivity index is 1.82. The number of hydrogen-bond donors (Lipinski definition) is 2. The summed E-state index contributed by atoms with van der Waals surface area (Å²) in [5, 5.41) is 19.3. The average Bonchev–Trinajstić information content (AvgIpc) is 3.10. The van der Waals surface area contributed by atoms with Crippen molar-refractivity contribution in [3.63, 3.8) is 0 Å². The molecule has 0 radical (unpaired) electrons. The summed E-state index contributed by atoms with van der Waals surface area (Å²) in [7, 11) is 0. The van der Waals surface area contributed by atoms with E-state index in [2.05, 4.69) is 0 Å². The molecular formula is C26H39NO6. The second-order valence-electron chi connectivity index (χ2n) is 9.46. The molecule has 0 bridgehead atoms. The van der Waals surface area contributed by atoms with Crippen LogP contribution in [-0.2, 0) is 14.3 Å². The van der Waals surface area contributed by atoms with Crippen molar-refractivity contribution in [3.8, 4) is 5.75 Å². The quantitative estimate of drug-likeness (QED) is 0.313. The fourth-order valence-corrected chi connectivity index (χ4v) is 3.80. The zero-order chi connectivity index (χ0) is 24.3. The molecule has 0 spiro atoms. The van der Waals surface area contributed by atoms with Crippen LogP contribution >= 0.6 is 0 Å². The smallest absolute Gasteiger partial charge is 0.303 e. The highest BCUT2D eigenvalue weighted by Gasteiger charge is 2.28. The number of unbranched alkanes of at least 4 members (excludes halogenated alkanes) is 3. The molecule has 2 rings (SSSR count). The van der Waals surface area contributed by atoms with Crippen molar-refractivity contribution >= 4 is 11.9 Å². The van der Waals surface area contributed by atoms with Gasteiger partial charge in [-0.25, -0.2) is 0 Å². The monoisotopic (exact) mass is 461 g/mol. The summed E-state index contributed by atoms with van der Waals surface area (Å²) in [5.41, 5.74) is 0.525. The second-order valence-corrected chi connectivity index (χ2v) is 9.46. The summed E-state index contributed by atoms with van der Waals surface area (Å²) in [6.45, 7) is 7.58. The van der Waals surface area contributed by atoms with Crippen LogP contribution in [0.5, 0.6) is 5.75 Å². The number of carboxylic acid groups (broad SMARTS) is 1. The molecule has 1 aliphatic heterocycles. The van der Waals surface area contributed by atoms with Gasteiger partial charge < -0.3 is 24.6 Å². The van der Waals surface area contributed by atoms with Gasteiger partial charge in [0.2, 0.25) is 5.91 Å². The zero-order valence-electron chi connectivity index (χ0n) is 20.2. The molecule has 33 heavy (non-hydrogen) atoms. The van der Waals surface area contributed by atoms with Gasteiger partial charge in [0.1, 0.15) is 12.4 Å². The van der Waals surface area contributed by atoms with Gasteiger partial charge in [-0.3, -0.25) is 9.59 Å². The van der Waals surface area contributed by atoms with E-state index in [1.807, 2.05) is 56.0 Å². The van der Waals surface area contributed by atoms with Crippen LogP contribution in [0.15, 0.2) is 36.4 Å². The average molecular weight is 462 g/mol. The molecule has 184 valence electrons. The van der Waals surface area contributed by atoms with Crippen molar-refractivity contribution in [2.75, 3.05) is 19.8 Å². The predicted octanol–water partition coefficient (Wildman–Crippen LogP) is 4.50. The van der Waals surface area contributed by atoms with Crippen LogP contribution in [0.4, 0.5) is 0 Å². The molecule has 1 aromatic rings. The molecule has 0 aromatic heterocycles. The summed E-state index contributed by atoms with van der Waals surface area (Å²) in [6, 6.07) is 7.36. The molecular weight excluding hydrogens is 422 g/mol. The van der Waals surface area contributed by atoms with Gasteiger partial charge in [0.05, 0.1) is 24.4 Å². The lowest BCUT2D eigenvalue weighted by molar-refractivity contribution is -0.137. The molecule has 1 heterocycles. The Kier molecular flexibility index (Phi) is 10.9. The molecule has 0 saturated carbocycles. The van der Waals surface area contributed by atoms with Gasteiger partial charge in [0.15, 0.2) is 0 Å². The van der Waals surface area contributed by atoms with Crippen LogP contribution in [0.1, 0.15) is 77.4 Å². The minimum Gasteiger partial charge on any atom is -0.491 e. The minimum absolute atomic E-state index is 0.0138. The lowest BCUT2D eigenvalue weighted by Gasteiger charge is -2.22. The van der Waals surface area contributed by atoms with Crippen molar-refractivity contribution in [1.82, 2.24) is 4.90 Å². The first kappa shape index (κ1) is 26.9. The maximum atomic E-state index is 12.3. The van der Waals surface area contributed by atoms with E-state index in [1.165, 1.54) is 0 Å². The number of ether oxygens (including phenoxy) is 2. The van der Waals surface area contributed by atoms with Gasteiger partial charge in [-0.2, -0.15) is 0 Å². The number of amides is 1. The third kappa shape index (κ3) is 10.4. The van der Waals surface area contributed by atoms with Gasteiger partial charge >= 0.3 is 5.97 Å². The summed E-state index contributed by atoms with van der Waals surface area (Å²) in [6.07, 6.45) is 7.63. The molecule has 1 fully saturated rings. The number of carboxylic acids is 1. The Hall–Kier alpha value is -2.38. The topological polar surface area (TPSA) is 96.3 Å². The fourth-order valence-electron chi connectivity index (χ4n) is 3.80. The molecule has 2 N–H and O–H groups in total. The number of aliphatic hydroxyl groups excluding tert-OH is 1. The third-order valence-electron chi connectivity index (χ3n) is 5.52. The third-order valence-corrected chi connectivity index (χ3v) is 5.52. The Labute approximate surface area is 197 Å². The molecule has 1 amide bonds. The largest absolute Gasteiger partial charge is 0.491 e. The molecule has 7 heteroatoms. The second kappa shape index (κ2) is 13.4. The van der Waals surface area contributed by atoms with Crippen molar-refractivity contribution < 1.29 is 29.3 Å². The van der Waals surface area contributed by atoms with E-state index in [9.17, 15) is 14.7 Å². The first-order valence-corrected chi connectivity index (χ1v) is 11.9. The molecule has 7 nitrogen and oxygen atoms in total. The van der Waals surface area contributed by atoms with E-state index in [1.54, 1.807) is 6.08 Å². The highest BCUT2D eigenvalue weighted by molar-refractivity contribution is 5.79. The number of benzene rings is 1. The maximum Gasteiger partial charge on any atom is 0.303 e. The van der Waals surface area contributed by atoms with E-state index in [0.717, 1.165) is 31.2 Å². The van der Waals surface area contributed by atoms with Crippen molar-refractivity contribution in [3.05, 3.63) is 42.0 Å². The first-order chi connectivity index (χ1) is 15.7. The highest BCUT2D eigenvalue weighted by atomic mass is 16.5. The lowest BCUT2D eigenvalue weighted by Crippen LogP contribution is -2.32. The summed E-state index contributed by atoms with van der Waals surface area (Å²) >= 11 is 0. The van der Waals surface area contributed by atoms with Crippen LogP contribution in [0.25, 0.3) is 0 Å². The van der Waals surface area contributed by atoms with Gasteiger partial charge in [-0.1, -0.05) is 37.1 Å². The Bertz CT molecular complexity index is 785. The summed E-state index contributed by atoms with van der Waals surface area (Å²) in [5.74, 6) is 0.0516. The van der Waals surface area contributed by atoms with E-state index in [0.29, 0.717) is 38.3 Å². The highest BCUT2D eigenvalue weighted by Crippen LogP contribution is 2.24. The molecule has 1 aliphatic rings. The lowest BCUT2D eigenvalue weighted by atomic mass is 10.1. The van der Waals surface area contributed by atoms with Crippen molar-refractivity contribution in [1.29, 1.82) is 0 Å². The van der Waals surface area contributed by atoms with Crippen LogP contribution in [0.2, 0.25) is 0 Å². The Morgan fingerprint density at radius 3 is 2.70 bits per heavy atom. The van der Waals surface area contributed by atoms with Gasteiger partial charge in [0, 0.05) is 19.4 Å². The van der Waals surface area contributed by atoms with Crippen molar-refractivity contribution in [2.24, 2.45) is 0 Å². The molecule has 0 aliphatic carbocycles. The number of carbonyl (C=O) groups is 2. The van der Waals surface area contributed by atoms with E-state index < -0.39 is 12.1 Å². The number of rotatable bonds is 14. The Morgan fingerprint density at radius 1 is 1.21 bits per heavy atom. The van der Waals surface area contributed by atoms with Crippen LogP contribution < -0.4 is 4.74 Å². The van der Waals surface area contributed by atoms with Gasteiger partial charge in [-0.15, -0.1) is 0 Å². The van der Waals surface area contributed by atoms with E-state index in [4.69, 9.17) is 14.6 Å². The number of carbonyl (C=O) groups excluding carboxylic acids is 1. The van der Waals surface area contributed by atoms with E-state index in [-0.39, 0.29) is 24.0 Å². The Morgan fingerprint density at radius 2 is 1.97 bits per heavy atom. The molecule has 1 saturated heterocycles. The summed E-state index contributed by atoms with van der Waals surface area (Å²) < 4.78 is 11.4.